The van der Waals surface area contributed by atoms with Crippen molar-refractivity contribution in [3.05, 3.63) is 11.3 Å². The number of nitrogens with zero attached hydrogens (tertiary/aromatic N) is 1. The van der Waals surface area contributed by atoms with Gasteiger partial charge >= 0.3 is 0 Å². The molecule has 1 saturated heterocycles. The molecule has 0 radical (unpaired) electrons. The fourth-order valence-corrected chi connectivity index (χ4v) is 2.92. The summed E-state index contributed by atoms with van der Waals surface area (Å²) in [5.74, 6) is 1.10. The maximum absolute atomic E-state index is 4.46. The lowest BCUT2D eigenvalue weighted by Gasteiger charge is -2.29. The van der Waals surface area contributed by atoms with Gasteiger partial charge in [-0.3, -0.25) is 5.10 Å². The van der Waals surface area contributed by atoms with Crippen LogP contribution in [-0.4, -0.2) is 29.3 Å². The molecule has 0 saturated carbocycles. The Hall–Kier alpha value is -1.03. The predicted octanol–water partition coefficient (Wildman–Crippen LogP) is 1.70. The summed E-state index contributed by atoms with van der Waals surface area (Å²) in [6.07, 6.45) is 4.74. The third kappa shape index (κ3) is 2.18. The number of fused-ring (bicyclic) bond motifs is 1. The molecule has 1 fully saturated rings. The second-order valence-electron chi connectivity index (χ2n) is 6.20. The van der Waals surface area contributed by atoms with Crippen LogP contribution in [0.2, 0.25) is 0 Å². The lowest BCUT2D eigenvalue weighted by atomic mass is 9.76. The van der Waals surface area contributed by atoms with E-state index in [0.717, 1.165) is 31.7 Å². The van der Waals surface area contributed by atoms with E-state index in [1.165, 1.54) is 24.1 Å². The molecular formula is C13H22N4. The quantitative estimate of drug-likeness (QED) is 0.730. The zero-order valence-electron chi connectivity index (χ0n) is 10.8. The van der Waals surface area contributed by atoms with Crippen LogP contribution in [-0.2, 0) is 12.8 Å². The summed E-state index contributed by atoms with van der Waals surface area (Å²) < 4.78 is 0. The Labute approximate surface area is 103 Å². The summed E-state index contributed by atoms with van der Waals surface area (Å²) in [5.41, 5.74) is 3.19. The van der Waals surface area contributed by atoms with Gasteiger partial charge in [0, 0.05) is 23.8 Å². The van der Waals surface area contributed by atoms with Crippen LogP contribution in [0.4, 0.5) is 5.82 Å². The van der Waals surface area contributed by atoms with Gasteiger partial charge in [0.1, 0.15) is 0 Å². The van der Waals surface area contributed by atoms with Gasteiger partial charge in [0.25, 0.3) is 0 Å². The highest BCUT2D eigenvalue weighted by Crippen LogP contribution is 2.37. The van der Waals surface area contributed by atoms with Crippen molar-refractivity contribution >= 4 is 5.82 Å². The molecule has 0 aromatic carbocycles. The van der Waals surface area contributed by atoms with E-state index in [-0.39, 0.29) is 0 Å². The molecule has 2 aliphatic rings. The van der Waals surface area contributed by atoms with E-state index in [1.807, 2.05) is 0 Å². The molecule has 17 heavy (non-hydrogen) atoms. The molecule has 1 aromatic rings. The average molecular weight is 234 g/mol. The van der Waals surface area contributed by atoms with Crippen molar-refractivity contribution in [1.82, 2.24) is 15.5 Å². The van der Waals surface area contributed by atoms with E-state index in [0.29, 0.717) is 11.5 Å². The van der Waals surface area contributed by atoms with E-state index in [1.54, 1.807) is 0 Å². The highest BCUT2D eigenvalue weighted by atomic mass is 15.2. The first-order valence-corrected chi connectivity index (χ1v) is 6.67. The molecule has 94 valence electrons. The van der Waals surface area contributed by atoms with E-state index < -0.39 is 0 Å². The van der Waals surface area contributed by atoms with Gasteiger partial charge in [0.2, 0.25) is 0 Å². The molecule has 3 N–H and O–H groups in total. The summed E-state index contributed by atoms with van der Waals surface area (Å²) >= 11 is 0. The largest absolute Gasteiger partial charge is 0.364 e. The molecule has 0 amide bonds. The van der Waals surface area contributed by atoms with Crippen LogP contribution in [0.3, 0.4) is 0 Å². The average Bonchev–Trinajstić information content (AvgIpc) is 2.88. The molecule has 0 bridgehead atoms. The molecule has 4 heteroatoms. The van der Waals surface area contributed by atoms with Crippen LogP contribution >= 0.6 is 0 Å². The molecule has 0 spiro atoms. The van der Waals surface area contributed by atoms with E-state index in [4.69, 9.17) is 0 Å². The summed E-state index contributed by atoms with van der Waals surface area (Å²) in [4.78, 5) is 0. The zero-order valence-corrected chi connectivity index (χ0v) is 10.8. The highest BCUT2D eigenvalue weighted by molar-refractivity contribution is 5.49. The van der Waals surface area contributed by atoms with Gasteiger partial charge in [0.15, 0.2) is 5.82 Å². The monoisotopic (exact) mass is 234 g/mol. The molecule has 4 nitrogen and oxygen atoms in total. The second-order valence-corrected chi connectivity index (χ2v) is 6.20. The number of rotatable bonds is 2. The number of anilines is 1. The van der Waals surface area contributed by atoms with Crippen LogP contribution in [0.15, 0.2) is 0 Å². The molecular weight excluding hydrogens is 212 g/mol. The van der Waals surface area contributed by atoms with Crippen molar-refractivity contribution in [1.29, 1.82) is 0 Å². The van der Waals surface area contributed by atoms with Crippen molar-refractivity contribution in [2.45, 2.75) is 45.6 Å². The minimum atomic E-state index is 0.418. The molecule has 2 heterocycles. The van der Waals surface area contributed by atoms with Gasteiger partial charge in [0.05, 0.1) is 0 Å². The molecule has 1 atom stereocenters. The van der Waals surface area contributed by atoms with E-state index in [2.05, 4.69) is 34.7 Å². The number of hydrogen-bond donors (Lipinski definition) is 3. The molecule has 1 aliphatic heterocycles. The molecule has 1 unspecified atom stereocenters. The fraction of sp³-hybridized carbons (Fsp3) is 0.769. The molecule has 3 rings (SSSR count). The SMILES string of the molecule is CC1(C)CCc2[nH]nc(NC3CCNC3)c2C1. The first kappa shape index (κ1) is 11.1. The van der Waals surface area contributed by atoms with Crippen molar-refractivity contribution < 1.29 is 0 Å². The Morgan fingerprint density at radius 1 is 1.41 bits per heavy atom. The van der Waals surface area contributed by atoms with Gasteiger partial charge in [-0.15, -0.1) is 0 Å². The number of hydrogen-bond acceptors (Lipinski definition) is 3. The highest BCUT2D eigenvalue weighted by Gasteiger charge is 2.29. The first-order valence-electron chi connectivity index (χ1n) is 6.67. The fourth-order valence-electron chi connectivity index (χ4n) is 2.92. The maximum Gasteiger partial charge on any atom is 0.151 e. The smallest absolute Gasteiger partial charge is 0.151 e. The number of nitrogens with one attached hydrogen (secondary N) is 3. The number of aromatic amines is 1. The Balaban J connectivity index is 1.79. The zero-order chi connectivity index (χ0) is 11.9. The first-order chi connectivity index (χ1) is 8.14. The van der Waals surface area contributed by atoms with Gasteiger partial charge in [-0.25, -0.2) is 0 Å². The number of H-pyrrole nitrogens is 1. The summed E-state index contributed by atoms with van der Waals surface area (Å²) in [6, 6.07) is 0.549. The summed E-state index contributed by atoms with van der Waals surface area (Å²) in [5, 5.41) is 14.6. The van der Waals surface area contributed by atoms with Gasteiger partial charge in [-0.1, -0.05) is 13.8 Å². The van der Waals surface area contributed by atoms with E-state index >= 15 is 0 Å². The van der Waals surface area contributed by atoms with Crippen molar-refractivity contribution in [3.8, 4) is 0 Å². The third-order valence-corrected chi connectivity index (χ3v) is 4.06. The topological polar surface area (TPSA) is 52.7 Å². The van der Waals surface area contributed by atoms with Crippen LogP contribution in [0.25, 0.3) is 0 Å². The van der Waals surface area contributed by atoms with Crippen molar-refractivity contribution in [2.75, 3.05) is 18.4 Å². The van der Waals surface area contributed by atoms with E-state index in [9.17, 15) is 0 Å². The summed E-state index contributed by atoms with van der Waals surface area (Å²) in [6.45, 7) is 6.88. The standard InChI is InChI=1S/C13H22N4/c1-13(2)5-3-11-10(7-13)12(17-16-11)15-9-4-6-14-8-9/h9,14H,3-8H2,1-2H3,(H2,15,16,17). The third-order valence-electron chi connectivity index (χ3n) is 4.06. The summed E-state index contributed by atoms with van der Waals surface area (Å²) in [7, 11) is 0. The van der Waals surface area contributed by atoms with Crippen LogP contribution in [0, 0.1) is 5.41 Å². The predicted molar refractivity (Wildman–Crippen MR) is 69.3 cm³/mol. The Morgan fingerprint density at radius 3 is 3.06 bits per heavy atom. The lowest BCUT2D eigenvalue weighted by molar-refractivity contribution is 0.314. The minimum absolute atomic E-state index is 0.418. The van der Waals surface area contributed by atoms with Gasteiger partial charge < -0.3 is 10.6 Å². The minimum Gasteiger partial charge on any atom is -0.364 e. The second kappa shape index (κ2) is 4.02. The molecule has 1 aromatic heterocycles. The van der Waals surface area contributed by atoms with Crippen LogP contribution < -0.4 is 10.6 Å². The van der Waals surface area contributed by atoms with Gasteiger partial charge in [-0.05, 0) is 37.6 Å². The Kier molecular flexibility index (Phi) is 2.62. The number of aryl methyl sites for hydroxylation is 1. The Morgan fingerprint density at radius 2 is 2.29 bits per heavy atom. The van der Waals surface area contributed by atoms with Crippen molar-refractivity contribution in [3.63, 3.8) is 0 Å². The Bertz CT molecular complexity index is 402. The van der Waals surface area contributed by atoms with Gasteiger partial charge in [-0.2, -0.15) is 5.10 Å². The van der Waals surface area contributed by atoms with Crippen LogP contribution in [0.1, 0.15) is 37.9 Å². The normalized spacial score (nSPS) is 26.8. The molecule has 1 aliphatic carbocycles. The number of aromatic nitrogens is 2. The van der Waals surface area contributed by atoms with Crippen molar-refractivity contribution in [2.24, 2.45) is 5.41 Å². The van der Waals surface area contributed by atoms with Crippen LogP contribution in [0.5, 0.6) is 0 Å². The lowest BCUT2D eigenvalue weighted by Crippen LogP contribution is -2.25. The maximum atomic E-state index is 4.46.